The molecule has 5 atom stereocenters. The van der Waals surface area contributed by atoms with Gasteiger partial charge in [-0.15, -0.1) is 0 Å². The van der Waals surface area contributed by atoms with Crippen molar-refractivity contribution in [2.75, 3.05) is 6.54 Å². The fraction of sp³-hybridized carbons (Fsp3) is 1.00. The van der Waals surface area contributed by atoms with Gasteiger partial charge in [0.25, 0.3) is 0 Å². The summed E-state index contributed by atoms with van der Waals surface area (Å²) in [4.78, 5) is 0. The van der Waals surface area contributed by atoms with Crippen LogP contribution in [0.1, 0.15) is 73.1 Å². The van der Waals surface area contributed by atoms with E-state index in [0.29, 0.717) is 16.9 Å². The van der Waals surface area contributed by atoms with Crippen LogP contribution in [0, 0.1) is 34.5 Å². The van der Waals surface area contributed by atoms with Crippen molar-refractivity contribution in [3.63, 3.8) is 0 Å². The molecule has 21 heavy (non-hydrogen) atoms. The van der Waals surface area contributed by atoms with E-state index in [9.17, 15) is 0 Å². The molecular formula is C19H38N2. The van der Waals surface area contributed by atoms with Crippen LogP contribution in [-0.2, 0) is 0 Å². The van der Waals surface area contributed by atoms with Gasteiger partial charge in [0, 0.05) is 6.04 Å². The molecular weight excluding hydrogens is 256 g/mol. The normalized spacial score (nSPS) is 38.1. The molecule has 2 heteroatoms. The molecule has 4 N–H and O–H groups in total. The number of hydrogen-bond acceptors (Lipinski definition) is 2. The highest BCUT2D eigenvalue weighted by atomic mass is 14.7. The minimum Gasteiger partial charge on any atom is -0.330 e. The summed E-state index contributed by atoms with van der Waals surface area (Å²) < 4.78 is 0. The third-order valence-corrected chi connectivity index (χ3v) is 6.60. The lowest BCUT2D eigenvalue weighted by Gasteiger charge is -2.35. The minimum absolute atomic E-state index is 0.401. The molecule has 0 aliphatic heterocycles. The molecule has 0 saturated heterocycles. The van der Waals surface area contributed by atoms with Gasteiger partial charge in [-0.3, -0.25) is 0 Å². The Balaban J connectivity index is 1.97. The Hall–Kier alpha value is -0.0800. The lowest BCUT2D eigenvalue weighted by molar-refractivity contribution is 0.154. The number of rotatable bonds is 4. The van der Waals surface area contributed by atoms with E-state index in [-0.39, 0.29) is 0 Å². The Morgan fingerprint density at radius 3 is 2.05 bits per heavy atom. The third kappa shape index (κ3) is 4.01. The first-order valence-corrected chi connectivity index (χ1v) is 9.09. The molecule has 0 radical (unpaired) electrons. The first kappa shape index (κ1) is 17.3. The standard InChI is InChI=1S/C19H38N2/c1-18(2,3)17-9-13(8-14(17)12-20)11-19(4,5)15-6-7-16(21)10-15/h13-17H,6-12,20-21H2,1-5H3. The van der Waals surface area contributed by atoms with Crippen molar-refractivity contribution < 1.29 is 0 Å². The predicted molar refractivity (Wildman–Crippen MR) is 91.9 cm³/mol. The van der Waals surface area contributed by atoms with Gasteiger partial charge in [0.1, 0.15) is 0 Å². The summed E-state index contributed by atoms with van der Waals surface area (Å²) in [6.07, 6.45) is 7.91. The van der Waals surface area contributed by atoms with Crippen molar-refractivity contribution in [2.45, 2.75) is 79.2 Å². The zero-order valence-electron chi connectivity index (χ0n) is 15.0. The van der Waals surface area contributed by atoms with Crippen LogP contribution in [0.4, 0.5) is 0 Å². The van der Waals surface area contributed by atoms with Crippen LogP contribution in [0.15, 0.2) is 0 Å². The Morgan fingerprint density at radius 2 is 1.62 bits per heavy atom. The topological polar surface area (TPSA) is 52.0 Å². The van der Waals surface area contributed by atoms with Gasteiger partial charge >= 0.3 is 0 Å². The summed E-state index contributed by atoms with van der Waals surface area (Å²) >= 11 is 0. The fourth-order valence-corrected chi connectivity index (χ4v) is 5.36. The maximum absolute atomic E-state index is 6.14. The molecule has 2 aliphatic rings. The summed E-state index contributed by atoms with van der Waals surface area (Å²) in [5.74, 6) is 3.23. The largest absolute Gasteiger partial charge is 0.330 e. The second-order valence-electron chi connectivity index (χ2n) is 9.77. The van der Waals surface area contributed by atoms with Gasteiger partial charge in [0.15, 0.2) is 0 Å². The van der Waals surface area contributed by atoms with Crippen LogP contribution in [0.3, 0.4) is 0 Å². The first-order chi connectivity index (χ1) is 9.63. The van der Waals surface area contributed by atoms with E-state index in [1.165, 1.54) is 38.5 Å². The third-order valence-electron chi connectivity index (χ3n) is 6.60. The van der Waals surface area contributed by atoms with Crippen molar-refractivity contribution >= 4 is 0 Å². The van der Waals surface area contributed by atoms with E-state index in [2.05, 4.69) is 34.6 Å². The zero-order valence-corrected chi connectivity index (χ0v) is 15.0. The van der Waals surface area contributed by atoms with Crippen molar-refractivity contribution in [1.29, 1.82) is 0 Å². The minimum atomic E-state index is 0.401. The second-order valence-corrected chi connectivity index (χ2v) is 9.77. The van der Waals surface area contributed by atoms with Gasteiger partial charge in [-0.2, -0.15) is 0 Å². The van der Waals surface area contributed by atoms with Crippen LogP contribution in [-0.4, -0.2) is 12.6 Å². The molecule has 5 unspecified atom stereocenters. The maximum atomic E-state index is 6.14. The van der Waals surface area contributed by atoms with Gasteiger partial charge in [0.05, 0.1) is 0 Å². The molecule has 0 aromatic heterocycles. The molecule has 0 spiro atoms. The van der Waals surface area contributed by atoms with Gasteiger partial charge < -0.3 is 11.5 Å². The Kier molecular flexibility index (Phi) is 5.10. The number of hydrogen-bond donors (Lipinski definition) is 2. The predicted octanol–water partition coefficient (Wildman–Crippen LogP) is 4.18. The summed E-state index contributed by atoms with van der Waals surface area (Å²) in [7, 11) is 0. The Labute approximate surface area is 132 Å². The molecule has 124 valence electrons. The molecule has 2 nitrogen and oxygen atoms in total. The van der Waals surface area contributed by atoms with Crippen molar-refractivity contribution in [2.24, 2.45) is 46.0 Å². The summed E-state index contributed by atoms with van der Waals surface area (Å²) in [5.41, 5.74) is 13.1. The molecule has 0 bridgehead atoms. The van der Waals surface area contributed by atoms with Gasteiger partial charge in [-0.25, -0.2) is 0 Å². The zero-order chi connectivity index (χ0) is 15.8. The van der Waals surface area contributed by atoms with Crippen LogP contribution >= 0.6 is 0 Å². The van der Waals surface area contributed by atoms with Crippen LogP contribution < -0.4 is 11.5 Å². The van der Waals surface area contributed by atoms with Gasteiger partial charge in [-0.1, -0.05) is 34.6 Å². The highest BCUT2D eigenvalue weighted by Gasteiger charge is 2.43. The summed E-state index contributed by atoms with van der Waals surface area (Å²) in [6, 6.07) is 0.456. The Bertz CT molecular complexity index is 342. The second kappa shape index (κ2) is 6.20. The van der Waals surface area contributed by atoms with Crippen molar-refractivity contribution in [3.05, 3.63) is 0 Å². The highest BCUT2D eigenvalue weighted by molar-refractivity contribution is 4.94. The van der Waals surface area contributed by atoms with E-state index >= 15 is 0 Å². The summed E-state index contributed by atoms with van der Waals surface area (Å²) in [6.45, 7) is 13.0. The molecule has 2 rings (SSSR count). The monoisotopic (exact) mass is 294 g/mol. The van der Waals surface area contributed by atoms with Crippen LogP contribution in [0.2, 0.25) is 0 Å². The van der Waals surface area contributed by atoms with Crippen LogP contribution in [0.25, 0.3) is 0 Å². The molecule has 0 amide bonds. The van der Waals surface area contributed by atoms with Gasteiger partial charge in [0.2, 0.25) is 0 Å². The van der Waals surface area contributed by atoms with Crippen molar-refractivity contribution in [3.8, 4) is 0 Å². The van der Waals surface area contributed by atoms with E-state index in [1.54, 1.807) is 0 Å². The van der Waals surface area contributed by atoms with E-state index < -0.39 is 0 Å². The fourth-order valence-electron chi connectivity index (χ4n) is 5.36. The SMILES string of the molecule is CC(C)(C)C1CC(CC(C)(C)C2CCC(N)C2)CC1CN. The average molecular weight is 295 g/mol. The van der Waals surface area contributed by atoms with E-state index in [0.717, 1.165) is 30.2 Å². The van der Waals surface area contributed by atoms with Crippen molar-refractivity contribution in [1.82, 2.24) is 0 Å². The molecule has 0 aromatic rings. The molecule has 2 fully saturated rings. The van der Waals surface area contributed by atoms with Gasteiger partial charge in [-0.05, 0) is 79.6 Å². The van der Waals surface area contributed by atoms with E-state index in [1.807, 2.05) is 0 Å². The lowest BCUT2D eigenvalue weighted by Crippen LogP contribution is -2.28. The average Bonchev–Trinajstić information content (AvgIpc) is 2.94. The molecule has 0 aromatic carbocycles. The highest BCUT2D eigenvalue weighted by Crippen LogP contribution is 2.51. The molecule has 0 heterocycles. The Morgan fingerprint density at radius 1 is 0.952 bits per heavy atom. The smallest absolute Gasteiger partial charge is 0.00417 e. The maximum Gasteiger partial charge on any atom is 0.00417 e. The summed E-state index contributed by atoms with van der Waals surface area (Å²) in [5, 5.41) is 0. The quantitative estimate of drug-likeness (QED) is 0.817. The number of nitrogens with two attached hydrogens (primary N) is 2. The van der Waals surface area contributed by atoms with Crippen LogP contribution in [0.5, 0.6) is 0 Å². The lowest BCUT2D eigenvalue weighted by atomic mass is 9.70. The van der Waals surface area contributed by atoms with E-state index in [4.69, 9.17) is 11.5 Å². The first-order valence-electron chi connectivity index (χ1n) is 9.09. The molecule has 2 saturated carbocycles. The molecule has 2 aliphatic carbocycles.